The van der Waals surface area contributed by atoms with E-state index in [9.17, 15) is 0 Å². The van der Waals surface area contributed by atoms with E-state index >= 15 is 0 Å². The second-order valence-electron chi connectivity index (χ2n) is 6.34. The Hall–Kier alpha value is -3.00. The largest absolute Gasteiger partial charge is 0.228 e. The normalized spacial score (nSPS) is 13.6. The molecule has 1 heterocycles. The smallest absolute Gasteiger partial charge is 0.160 e. The molecule has 3 aromatic rings. The van der Waals surface area contributed by atoms with Gasteiger partial charge in [0.15, 0.2) is 5.82 Å². The minimum absolute atomic E-state index is 0.773. The number of allylic oxidation sites excluding steroid dienone is 4. The van der Waals surface area contributed by atoms with Crippen LogP contribution in [0, 0.1) is 6.92 Å². The molecule has 0 N–H and O–H groups in total. The van der Waals surface area contributed by atoms with Gasteiger partial charge in [0, 0.05) is 11.1 Å². The average Bonchev–Trinajstić information content (AvgIpc) is 2.69. The highest BCUT2D eigenvalue weighted by Crippen LogP contribution is 2.27. The van der Waals surface area contributed by atoms with E-state index in [1.165, 1.54) is 11.1 Å². The van der Waals surface area contributed by atoms with Crippen molar-refractivity contribution in [3.8, 4) is 22.6 Å². The summed E-state index contributed by atoms with van der Waals surface area (Å²) >= 11 is 0. The third-order valence-corrected chi connectivity index (χ3v) is 4.36. The summed E-state index contributed by atoms with van der Waals surface area (Å²) in [7, 11) is 0. The lowest BCUT2D eigenvalue weighted by molar-refractivity contribution is 1.03. The predicted octanol–water partition coefficient (Wildman–Crippen LogP) is 5.85. The van der Waals surface area contributed by atoms with Crippen molar-refractivity contribution in [3.05, 3.63) is 90.1 Å². The molecule has 2 aromatic carbocycles. The van der Waals surface area contributed by atoms with Crippen LogP contribution in [0.25, 0.3) is 28.2 Å². The maximum atomic E-state index is 4.85. The maximum Gasteiger partial charge on any atom is 0.160 e. The zero-order valence-electron chi connectivity index (χ0n) is 14.3. The molecule has 0 radical (unpaired) electrons. The summed E-state index contributed by atoms with van der Waals surface area (Å²) in [5, 5.41) is 0. The number of rotatable bonds is 3. The van der Waals surface area contributed by atoms with Gasteiger partial charge in [-0.25, -0.2) is 9.97 Å². The fraction of sp³-hybridized carbons (Fsp3) is 0.130. The summed E-state index contributed by atoms with van der Waals surface area (Å²) in [6.07, 6.45) is 8.81. The summed E-state index contributed by atoms with van der Waals surface area (Å²) in [5.74, 6) is 0.773. The second kappa shape index (κ2) is 6.86. The van der Waals surface area contributed by atoms with Gasteiger partial charge in [-0.05, 0) is 37.5 Å². The van der Waals surface area contributed by atoms with Crippen LogP contribution in [0.15, 0.2) is 78.9 Å². The second-order valence-corrected chi connectivity index (χ2v) is 6.34. The van der Waals surface area contributed by atoms with Crippen molar-refractivity contribution in [2.45, 2.75) is 19.8 Å². The molecule has 0 unspecified atom stereocenters. The first-order valence-electron chi connectivity index (χ1n) is 8.68. The van der Waals surface area contributed by atoms with Gasteiger partial charge in [0.2, 0.25) is 0 Å². The molecule has 0 bridgehead atoms. The van der Waals surface area contributed by atoms with Crippen LogP contribution in [0.5, 0.6) is 0 Å². The van der Waals surface area contributed by atoms with Crippen molar-refractivity contribution in [1.82, 2.24) is 9.97 Å². The Balaban J connectivity index is 1.89. The van der Waals surface area contributed by atoms with Gasteiger partial charge in [0.25, 0.3) is 0 Å². The minimum atomic E-state index is 0.773. The Labute approximate surface area is 148 Å². The van der Waals surface area contributed by atoms with E-state index in [4.69, 9.17) is 9.97 Å². The van der Waals surface area contributed by atoms with Crippen LogP contribution in [-0.2, 0) is 0 Å². The van der Waals surface area contributed by atoms with Crippen molar-refractivity contribution in [2.75, 3.05) is 0 Å². The average molecular weight is 324 g/mol. The van der Waals surface area contributed by atoms with Crippen LogP contribution < -0.4 is 0 Å². The summed E-state index contributed by atoms with van der Waals surface area (Å²) in [6.45, 7) is 2.11. The van der Waals surface area contributed by atoms with Gasteiger partial charge in [-0.15, -0.1) is 0 Å². The highest BCUT2D eigenvalue weighted by molar-refractivity contribution is 5.77. The van der Waals surface area contributed by atoms with Crippen molar-refractivity contribution in [1.29, 1.82) is 0 Å². The van der Waals surface area contributed by atoms with Crippen LogP contribution in [0.4, 0.5) is 0 Å². The number of hydrogen-bond donors (Lipinski definition) is 0. The Kier molecular flexibility index (Phi) is 4.26. The molecule has 4 rings (SSSR count). The number of benzene rings is 2. The fourth-order valence-electron chi connectivity index (χ4n) is 3.07. The van der Waals surface area contributed by atoms with E-state index in [1.54, 1.807) is 0 Å². The molecular weight excluding hydrogens is 304 g/mol. The molecule has 0 spiro atoms. The van der Waals surface area contributed by atoms with Crippen LogP contribution in [-0.4, -0.2) is 9.97 Å². The first kappa shape index (κ1) is 15.5. The van der Waals surface area contributed by atoms with Gasteiger partial charge in [-0.3, -0.25) is 0 Å². The van der Waals surface area contributed by atoms with Crippen molar-refractivity contribution >= 4 is 5.57 Å². The Morgan fingerprint density at radius 3 is 2.32 bits per heavy atom. The quantitative estimate of drug-likeness (QED) is 0.603. The highest BCUT2D eigenvalue weighted by atomic mass is 14.9. The number of aryl methyl sites for hydroxylation is 1. The zero-order chi connectivity index (χ0) is 17.1. The van der Waals surface area contributed by atoms with Gasteiger partial charge >= 0.3 is 0 Å². The van der Waals surface area contributed by atoms with Gasteiger partial charge in [-0.1, -0.05) is 72.3 Å². The SMILES string of the molecule is Cc1cccc(-c2cc(C3=CCCC=C3)nc(-c3ccccc3)n2)c1. The third kappa shape index (κ3) is 3.43. The molecule has 0 saturated carbocycles. The van der Waals surface area contributed by atoms with E-state index in [2.05, 4.69) is 67.6 Å². The molecule has 0 saturated heterocycles. The molecule has 0 fully saturated rings. The Bertz CT molecular complexity index is 953. The summed E-state index contributed by atoms with van der Waals surface area (Å²) in [6, 6.07) is 20.8. The monoisotopic (exact) mass is 324 g/mol. The summed E-state index contributed by atoms with van der Waals surface area (Å²) < 4.78 is 0. The molecule has 25 heavy (non-hydrogen) atoms. The number of aromatic nitrogens is 2. The molecule has 1 aromatic heterocycles. The molecular formula is C23H20N2. The van der Waals surface area contributed by atoms with E-state index in [-0.39, 0.29) is 0 Å². The molecule has 1 aliphatic carbocycles. The van der Waals surface area contributed by atoms with Crippen LogP contribution >= 0.6 is 0 Å². The van der Waals surface area contributed by atoms with E-state index < -0.39 is 0 Å². The fourth-order valence-corrected chi connectivity index (χ4v) is 3.07. The van der Waals surface area contributed by atoms with Crippen molar-refractivity contribution < 1.29 is 0 Å². The van der Waals surface area contributed by atoms with Gasteiger partial charge in [0.1, 0.15) is 0 Å². The molecule has 2 nitrogen and oxygen atoms in total. The highest BCUT2D eigenvalue weighted by Gasteiger charge is 2.11. The summed E-state index contributed by atoms with van der Waals surface area (Å²) in [5.41, 5.74) is 6.53. The van der Waals surface area contributed by atoms with Crippen LogP contribution in [0.1, 0.15) is 24.1 Å². The standard InChI is InChI=1S/C23H20N2/c1-17-9-8-14-20(15-17)22-16-21(18-10-4-2-5-11-18)24-23(25-22)19-12-6-3-7-13-19/h3-4,6-16H,2,5H2,1H3. The lowest BCUT2D eigenvalue weighted by Gasteiger charge is -2.11. The molecule has 1 aliphatic rings. The van der Waals surface area contributed by atoms with Crippen molar-refractivity contribution in [3.63, 3.8) is 0 Å². The predicted molar refractivity (Wildman–Crippen MR) is 104 cm³/mol. The van der Waals surface area contributed by atoms with E-state index in [1.807, 2.05) is 18.2 Å². The van der Waals surface area contributed by atoms with Crippen LogP contribution in [0.2, 0.25) is 0 Å². The van der Waals surface area contributed by atoms with E-state index in [0.29, 0.717) is 0 Å². The molecule has 0 amide bonds. The van der Waals surface area contributed by atoms with Gasteiger partial charge in [0.05, 0.1) is 11.4 Å². The summed E-state index contributed by atoms with van der Waals surface area (Å²) in [4.78, 5) is 9.69. The Morgan fingerprint density at radius 2 is 1.56 bits per heavy atom. The van der Waals surface area contributed by atoms with E-state index in [0.717, 1.165) is 41.2 Å². The number of hydrogen-bond acceptors (Lipinski definition) is 2. The van der Waals surface area contributed by atoms with Gasteiger partial charge in [-0.2, -0.15) is 0 Å². The zero-order valence-corrected chi connectivity index (χ0v) is 14.3. The molecule has 2 heteroatoms. The first-order chi connectivity index (χ1) is 12.3. The topological polar surface area (TPSA) is 25.8 Å². The lowest BCUT2D eigenvalue weighted by atomic mass is 10.0. The first-order valence-corrected chi connectivity index (χ1v) is 8.68. The van der Waals surface area contributed by atoms with Crippen LogP contribution in [0.3, 0.4) is 0 Å². The molecule has 0 aliphatic heterocycles. The number of nitrogens with zero attached hydrogens (tertiary/aromatic N) is 2. The minimum Gasteiger partial charge on any atom is -0.228 e. The van der Waals surface area contributed by atoms with Gasteiger partial charge < -0.3 is 0 Å². The molecule has 0 atom stereocenters. The Morgan fingerprint density at radius 1 is 0.760 bits per heavy atom. The maximum absolute atomic E-state index is 4.85. The lowest BCUT2D eigenvalue weighted by Crippen LogP contribution is -1.98. The third-order valence-electron chi connectivity index (χ3n) is 4.36. The van der Waals surface area contributed by atoms with Crippen molar-refractivity contribution in [2.24, 2.45) is 0 Å². The molecule has 122 valence electrons.